The normalized spacial score (nSPS) is 26.7. The highest BCUT2D eigenvalue weighted by Gasteiger charge is 2.37. The molecular weight excluding hydrogens is 254 g/mol. The van der Waals surface area contributed by atoms with Crippen molar-refractivity contribution in [3.8, 4) is 6.07 Å². The summed E-state index contributed by atoms with van der Waals surface area (Å²) in [5.41, 5.74) is 1.44. The van der Waals surface area contributed by atoms with Crippen LogP contribution in [0.3, 0.4) is 0 Å². The Morgan fingerprint density at radius 3 is 2.80 bits per heavy atom. The third-order valence-electron chi connectivity index (χ3n) is 3.70. The lowest BCUT2D eigenvalue weighted by Crippen LogP contribution is -2.53. The number of nitriles is 1. The number of hydrogen-bond acceptors (Lipinski definition) is 6. The van der Waals surface area contributed by atoms with E-state index in [9.17, 15) is 5.26 Å². The molecule has 0 bridgehead atoms. The average molecular weight is 271 g/mol. The number of rotatable bonds is 2. The summed E-state index contributed by atoms with van der Waals surface area (Å²) in [6.45, 7) is 5.25. The van der Waals surface area contributed by atoms with Crippen LogP contribution in [0, 0.1) is 11.3 Å². The molecule has 20 heavy (non-hydrogen) atoms. The summed E-state index contributed by atoms with van der Waals surface area (Å²) >= 11 is 0. The first-order valence-electron chi connectivity index (χ1n) is 6.82. The van der Waals surface area contributed by atoms with Crippen LogP contribution in [0.2, 0.25) is 0 Å². The lowest BCUT2D eigenvalue weighted by molar-refractivity contribution is 0.0152. The van der Waals surface area contributed by atoms with Crippen LogP contribution in [0.5, 0.6) is 0 Å². The van der Waals surface area contributed by atoms with Crippen LogP contribution in [-0.2, 0) is 4.74 Å². The Kier molecular flexibility index (Phi) is 3.63. The standard InChI is InChI=1S/C14H17N5O/c1-11-14(18-6-8-20-9-7-18)19(17-16-11)13-5-3-2-4-12(13)10-15/h2-5,11,14H,6-9H2,1H3. The van der Waals surface area contributed by atoms with Gasteiger partial charge in [-0.25, -0.2) is 5.01 Å². The van der Waals surface area contributed by atoms with Crippen LogP contribution >= 0.6 is 0 Å². The van der Waals surface area contributed by atoms with Crippen molar-refractivity contribution >= 4 is 5.69 Å². The summed E-state index contributed by atoms with van der Waals surface area (Å²) < 4.78 is 5.41. The van der Waals surface area contributed by atoms with E-state index in [1.807, 2.05) is 29.3 Å². The Labute approximate surface area is 118 Å². The third-order valence-corrected chi connectivity index (χ3v) is 3.70. The molecular formula is C14H17N5O. The van der Waals surface area contributed by atoms with Crippen LogP contribution in [0.25, 0.3) is 0 Å². The quantitative estimate of drug-likeness (QED) is 0.822. The van der Waals surface area contributed by atoms with E-state index in [-0.39, 0.29) is 12.2 Å². The number of nitrogens with zero attached hydrogens (tertiary/aromatic N) is 5. The molecule has 2 aliphatic heterocycles. The predicted octanol–water partition coefficient (Wildman–Crippen LogP) is 1.79. The lowest BCUT2D eigenvalue weighted by atomic mass is 10.1. The maximum absolute atomic E-state index is 9.26. The van der Waals surface area contributed by atoms with Gasteiger partial charge in [0.15, 0.2) is 0 Å². The van der Waals surface area contributed by atoms with E-state index < -0.39 is 0 Å². The van der Waals surface area contributed by atoms with Gasteiger partial charge in [0.2, 0.25) is 0 Å². The molecule has 0 N–H and O–H groups in total. The molecule has 6 heteroatoms. The minimum atomic E-state index is 0.0633. The first-order chi connectivity index (χ1) is 9.81. The number of hydrogen-bond donors (Lipinski definition) is 0. The molecule has 0 saturated carbocycles. The van der Waals surface area contributed by atoms with Gasteiger partial charge in [0, 0.05) is 13.1 Å². The highest BCUT2D eigenvalue weighted by atomic mass is 16.5. The van der Waals surface area contributed by atoms with Gasteiger partial charge in [-0.15, -0.1) is 0 Å². The molecule has 2 aliphatic rings. The lowest BCUT2D eigenvalue weighted by Gasteiger charge is -2.37. The van der Waals surface area contributed by atoms with Crippen molar-refractivity contribution < 1.29 is 4.74 Å². The Morgan fingerprint density at radius 1 is 1.30 bits per heavy atom. The fourth-order valence-electron chi connectivity index (χ4n) is 2.71. The van der Waals surface area contributed by atoms with Crippen LogP contribution in [0.4, 0.5) is 5.69 Å². The molecule has 104 valence electrons. The average Bonchev–Trinajstić information content (AvgIpc) is 2.89. The second kappa shape index (κ2) is 5.57. The largest absolute Gasteiger partial charge is 0.379 e. The minimum Gasteiger partial charge on any atom is -0.379 e. The number of para-hydroxylation sites is 1. The van der Waals surface area contributed by atoms with Gasteiger partial charge in [-0.2, -0.15) is 10.4 Å². The highest BCUT2D eigenvalue weighted by molar-refractivity contribution is 5.59. The van der Waals surface area contributed by atoms with Gasteiger partial charge in [-0.1, -0.05) is 17.4 Å². The molecule has 0 aromatic heterocycles. The second-order valence-electron chi connectivity index (χ2n) is 4.98. The number of ether oxygens (including phenoxy) is 1. The summed E-state index contributed by atoms with van der Waals surface area (Å²) in [5, 5.41) is 19.7. The van der Waals surface area contributed by atoms with Crippen LogP contribution in [0.15, 0.2) is 34.6 Å². The van der Waals surface area contributed by atoms with E-state index in [1.54, 1.807) is 0 Å². The zero-order valence-electron chi connectivity index (χ0n) is 11.4. The van der Waals surface area contributed by atoms with E-state index in [2.05, 4.69) is 28.2 Å². The smallest absolute Gasteiger partial charge is 0.131 e. The van der Waals surface area contributed by atoms with Crippen molar-refractivity contribution in [1.82, 2.24) is 4.90 Å². The van der Waals surface area contributed by atoms with E-state index in [0.717, 1.165) is 32.0 Å². The summed E-state index contributed by atoms with van der Waals surface area (Å²) in [4.78, 5) is 2.32. The molecule has 2 heterocycles. The fraction of sp³-hybridized carbons (Fsp3) is 0.500. The number of benzene rings is 1. The van der Waals surface area contributed by atoms with Gasteiger partial charge in [0.25, 0.3) is 0 Å². The molecule has 2 atom stereocenters. The molecule has 0 radical (unpaired) electrons. The van der Waals surface area contributed by atoms with Crippen molar-refractivity contribution in [3.05, 3.63) is 29.8 Å². The maximum atomic E-state index is 9.26. The third kappa shape index (κ3) is 2.26. The van der Waals surface area contributed by atoms with E-state index >= 15 is 0 Å². The first kappa shape index (κ1) is 13.0. The summed E-state index contributed by atoms with van der Waals surface area (Å²) in [6.07, 6.45) is 0.0633. The van der Waals surface area contributed by atoms with Crippen molar-refractivity contribution in [2.45, 2.75) is 19.1 Å². The monoisotopic (exact) mass is 271 g/mol. The maximum Gasteiger partial charge on any atom is 0.131 e. The molecule has 6 nitrogen and oxygen atoms in total. The molecule has 0 aliphatic carbocycles. The fourth-order valence-corrected chi connectivity index (χ4v) is 2.71. The Hall–Kier alpha value is -1.97. The van der Waals surface area contributed by atoms with Gasteiger partial charge >= 0.3 is 0 Å². The summed E-state index contributed by atoms with van der Waals surface area (Å²) in [7, 11) is 0. The molecule has 0 amide bonds. The van der Waals surface area contributed by atoms with Crippen LogP contribution in [0.1, 0.15) is 12.5 Å². The highest BCUT2D eigenvalue weighted by Crippen LogP contribution is 2.30. The zero-order valence-corrected chi connectivity index (χ0v) is 11.4. The van der Waals surface area contributed by atoms with Gasteiger partial charge in [-0.05, 0) is 19.1 Å². The zero-order chi connectivity index (χ0) is 13.9. The van der Waals surface area contributed by atoms with Gasteiger partial charge in [0.05, 0.1) is 24.5 Å². The summed E-state index contributed by atoms with van der Waals surface area (Å²) in [6, 6.07) is 9.82. The first-order valence-corrected chi connectivity index (χ1v) is 6.82. The van der Waals surface area contributed by atoms with Crippen molar-refractivity contribution in [1.29, 1.82) is 5.26 Å². The van der Waals surface area contributed by atoms with E-state index in [1.165, 1.54) is 0 Å². The number of morpholine rings is 1. The molecule has 1 aromatic rings. The predicted molar refractivity (Wildman–Crippen MR) is 74.1 cm³/mol. The molecule has 3 rings (SSSR count). The van der Waals surface area contributed by atoms with Crippen molar-refractivity contribution in [2.75, 3.05) is 31.3 Å². The summed E-state index contributed by atoms with van der Waals surface area (Å²) in [5.74, 6) is 0. The Balaban J connectivity index is 1.91. The molecule has 0 spiro atoms. The van der Waals surface area contributed by atoms with Crippen molar-refractivity contribution in [2.24, 2.45) is 10.3 Å². The SMILES string of the molecule is CC1N=NN(c2ccccc2C#N)C1N1CCOCC1. The molecule has 1 fully saturated rings. The second-order valence-corrected chi connectivity index (χ2v) is 4.98. The van der Waals surface area contributed by atoms with Gasteiger partial charge < -0.3 is 4.74 Å². The van der Waals surface area contributed by atoms with E-state index in [4.69, 9.17) is 4.74 Å². The molecule has 1 saturated heterocycles. The Bertz CT molecular complexity index is 547. The Morgan fingerprint density at radius 2 is 2.05 bits per heavy atom. The van der Waals surface area contributed by atoms with Crippen molar-refractivity contribution in [3.63, 3.8) is 0 Å². The van der Waals surface area contributed by atoms with E-state index in [0.29, 0.717) is 5.56 Å². The molecule has 2 unspecified atom stereocenters. The van der Waals surface area contributed by atoms with Crippen LogP contribution in [-0.4, -0.2) is 43.4 Å². The minimum absolute atomic E-state index is 0.0633. The molecule has 1 aromatic carbocycles. The van der Waals surface area contributed by atoms with Crippen LogP contribution < -0.4 is 5.01 Å². The topological polar surface area (TPSA) is 64.2 Å². The number of anilines is 1. The van der Waals surface area contributed by atoms with Gasteiger partial charge in [-0.3, -0.25) is 4.90 Å². The van der Waals surface area contributed by atoms with Gasteiger partial charge in [0.1, 0.15) is 18.3 Å².